The molecule has 1 aliphatic heterocycles. The summed E-state index contributed by atoms with van der Waals surface area (Å²) in [5, 5.41) is 6.94. The maximum Gasteiger partial charge on any atom is 0.218 e. The Morgan fingerprint density at radius 2 is 2.07 bits per heavy atom. The van der Waals surface area contributed by atoms with Gasteiger partial charge >= 0.3 is 0 Å². The van der Waals surface area contributed by atoms with Crippen LogP contribution in [-0.4, -0.2) is 68.4 Å². The van der Waals surface area contributed by atoms with Crippen molar-refractivity contribution in [2.24, 2.45) is 4.99 Å². The number of guanidine groups is 1. The Morgan fingerprint density at radius 3 is 2.75 bits per heavy atom. The lowest BCUT2D eigenvalue weighted by atomic mass is 10.1. The lowest BCUT2D eigenvalue weighted by Gasteiger charge is -2.32. The van der Waals surface area contributed by atoms with E-state index in [9.17, 15) is 0 Å². The summed E-state index contributed by atoms with van der Waals surface area (Å²) in [6.45, 7) is 10.2. The molecule has 2 N–H and O–H groups in total. The molecular weight excluding hydrogens is 469 g/mol. The summed E-state index contributed by atoms with van der Waals surface area (Å²) < 4.78 is 10.7. The summed E-state index contributed by atoms with van der Waals surface area (Å²) in [5.74, 6) is 1.49. The molecule has 1 fully saturated rings. The van der Waals surface area contributed by atoms with E-state index in [1.165, 1.54) is 13.0 Å². The second-order valence-corrected chi connectivity index (χ2v) is 6.76. The molecule has 0 spiro atoms. The molecule has 0 aliphatic carbocycles. The van der Waals surface area contributed by atoms with Crippen LogP contribution in [0.15, 0.2) is 23.3 Å². The van der Waals surface area contributed by atoms with E-state index >= 15 is 0 Å². The molecule has 0 radical (unpaired) electrons. The van der Waals surface area contributed by atoms with E-state index in [0.717, 1.165) is 44.0 Å². The maximum absolute atomic E-state index is 5.70. The Balaban J connectivity index is 0.00000392. The van der Waals surface area contributed by atoms with E-state index in [-0.39, 0.29) is 24.0 Å². The van der Waals surface area contributed by atoms with Gasteiger partial charge < -0.3 is 25.0 Å². The monoisotopic (exact) mass is 505 g/mol. The number of nitrogens with one attached hydrogen (secondary N) is 2. The van der Waals surface area contributed by atoms with E-state index in [4.69, 9.17) is 14.5 Å². The van der Waals surface area contributed by atoms with Gasteiger partial charge in [0.1, 0.15) is 6.61 Å². The van der Waals surface area contributed by atoms with E-state index in [1.54, 1.807) is 13.3 Å². The van der Waals surface area contributed by atoms with Gasteiger partial charge in [0.05, 0.1) is 13.2 Å². The molecule has 0 saturated carbocycles. The van der Waals surface area contributed by atoms with Gasteiger partial charge in [0.25, 0.3) is 0 Å². The number of pyridine rings is 1. The molecule has 160 valence electrons. The molecule has 28 heavy (non-hydrogen) atoms. The number of methoxy groups -OCH3 is 1. The topological polar surface area (TPSA) is 71.0 Å². The molecule has 2 heterocycles. The summed E-state index contributed by atoms with van der Waals surface area (Å²) in [6, 6.07) is 4.39. The quantitative estimate of drug-likeness (QED) is 0.221. The number of rotatable bonds is 10. The van der Waals surface area contributed by atoms with Crippen LogP contribution in [0.2, 0.25) is 0 Å². The lowest BCUT2D eigenvalue weighted by Crippen LogP contribution is -2.48. The number of hydrogen-bond acceptors (Lipinski definition) is 5. The minimum absolute atomic E-state index is 0. The van der Waals surface area contributed by atoms with E-state index in [1.807, 2.05) is 12.1 Å². The van der Waals surface area contributed by atoms with Crippen LogP contribution in [0.1, 0.15) is 38.7 Å². The smallest absolute Gasteiger partial charge is 0.218 e. The minimum Gasteiger partial charge on any atom is -0.475 e. The number of aromatic nitrogens is 1. The summed E-state index contributed by atoms with van der Waals surface area (Å²) >= 11 is 0. The highest BCUT2D eigenvalue weighted by Gasteiger charge is 2.19. The second-order valence-electron chi connectivity index (χ2n) is 6.76. The molecule has 1 saturated heterocycles. The van der Waals surface area contributed by atoms with E-state index in [2.05, 4.69) is 34.4 Å². The lowest BCUT2D eigenvalue weighted by molar-refractivity contribution is 0.143. The summed E-state index contributed by atoms with van der Waals surface area (Å²) in [4.78, 5) is 11.6. The Morgan fingerprint density at radius 1 is 1.29 bits per heavy atom. The van der Waals surface area contributed by atoms with E-state index in [0.29, 0.717) is 31.7 Å². The molecule has 8 heteroatoms. The van der Waals surface area contributed by atoms with Crippen molar-refractivity contribution in [2.45, 2.75) is 45.7 Å². The van der Waals surface area contributed by atoms with Gasteiger partial charge in [-0.1, -0.05) is 13.0 Å². The summed E-state index contributed by atoms with van der Waals surface area (Å²) in [6.07, 6.45) is 5.27. The molecule has 0 atom stereocenters. The average Bonchev–Trinajstić information content (AvgIpc) is 2.69. The average molecular weight is 505 g/mol. The van der Waals surface area contributed by atoms with Crippen LogP contribution in [-0.2, 0) is 11.3 Å². The van der Waals surface area contributed by atoms with Crippen LogP contribution < -0.4 is 15.4 Å². The highest BCUT2D eigenvalue weighted by Crippen LogP contribution is 2.15. The molecule has 2 rings (SSSR count). The van der Waals surface area contributed by atoms with Crippen molar-refractivity contribution < 1.29 is 9.47 Å². The van der Waals surface area contributed by atoms with Crippen LogP contribution >= 0.6 is 24.0 Å². The third kappa shape index (κ3) is 8.91. The van der Waals surface area contributed by atoms with Gasteiger partial charge in [-0.25, -0.2) is 9.98 Å². The van der Waals surface area contributed by atoms with Gasteiger partial charge in [0.15, 0.2) is 5.96 Å². The fourth-order valence-electron chi connectivity index (χ4n) is 3.19. The third-order valence-corrected chi connectivity index (χ3v) is 4.60. The molecule has 1 aromatic rings. The zero-order valence-corrected chi connectivity index (χ0v) is 19.8. The molecule has 0 aromatic carbocycles. The number of likely N-dealkylation sites (tertiary alicyclic amines) is 1. The Kier molecular flexibility index (Phi) is 13.2. The Labute approximate surface area is 186 Å². The zero-order valence-electron chi connectivity index (χ0n) is 17.4. The number of halogens is 1. The fraction of sp³-hybridized carbons (Fsp3) is 0.700. The molecular formula is C20H36IN5O2. The summed E-state index contributed by atoms with van der Waals surface area (Å²) in [7, 11) is 1.66. The molecule has 0 unspecified atom stereocenters. The SMILES string of the molecule is CCCN1CCC(NC(=NCc2cccnc2OCCOC)NCC)CC1.I. The number of piperidine rings is 1. The van der Waals surface area contributed by atoms with Crippen molar-refractivity contribution >= 4 is 29.9 Å². The fourth-order valence-corrected chi connectivity index (χ4v) is 3.19. The number of nitrogens with zero attached hydrogens (tertiary/aromatic N) is 3. The highest BCUT2D eigenvalue weighted by molar-refractivity contribution is 14.0. The maximum atomic E-state index is 5.70. The normalized spacial score (nSPS) is 15.8. The Bertz CT molecular complexity index is 565. The first-order valence-electron chi connectivity index (χ1n) is 10.1. The predicted molar refractivity (Wildman–Crippen MR) is 125 cm³/mol. The van der Waals surface area contributed by atoms with Crippen molar-refractivity contribution in [3.05, 3.63) is 23.9 Å². The van der Waals surface area contributed by atoms with Crippen molar-refractivity contribution in [2.75, 3.05) is 46.5 Å². The first-order valence-corrected chi connectivity index (χ1v) is 10.1. The Hall–Kier alpha value is -1.13. The third-order valence-electron chi connectivity index (χ3n) is 4.60. The second kappa shape index (κ2) is 14.8. The predicted octanol–water partition coefficient (Wildman–Crippen LogP) is 2.65. The van der Waals surface area contributed by atoms with Gasteiger partial charge in [-0.2, -0.15) is 0 Å². The first-order chi connectivity index (χ1) is 13.3. The van der Waals surface area contributed by atoms with Crippen LogP contribution in [0.25, 0.3) is 0 Å². The number of aliphatic imine (C=N–C) groups is 1. The van der Waals surface area contributed by atoms with Crippen LogP contribution in [0.4, 0.5) is 0 Å². The molecule has 1 aromatic heterocycles. The van der Waals surface area contributed by atoms with Crippen molar-refractivity contribution in [1.29, 1.82) is 0 Å². The van der Waals surface area contributed by atoms with Gasteiger partial charge in [-0.3, -0.25) is 0 Å². The van der Waals surface area contributed by atoms with Gasteiger partial charge in [0.2, 0.25) is 5.88 Å². The van der Waals surface area contributed by atoms with Crippen molar-refractivity contribution in [3.63, 3.8) is 0 Å². The van der Waals surface area contributed by atoms with Crippen LogP contribution in [0, 0.1) is 0 Å². The highest BCUT2D eigenvalue weighted by atomic mass is 127. The molecule has 7 nitrogen and oxygen atoms in total. The van der Waals surface area contributed by atoms with Crippen LogP contribution in [0.5, 0.6) is 5.88 Å². The van der Waals surface area contributed by atoms with Crippen molar-refractivity contribution in [1.82, 2.24) is 20.5 Å². The van der Waals surface area contributed by atoms with Gasteiger partial charge in [-0.05, 0) is 38.8 Å². The number of hydrogen-bond donors (Lipinski definition) is 2. The standard InChI is InChI=1S/C20H35N5O2.HI/c1-4-11-25-12-8-18(9-13-25)24-20(21-5-2)23-16-17-7-6-10-22-19(17)27-15-14-26-3;/h6-7,10,18H,4-5,8-9,11-16H2,1-3H3,(H2,21,23,24);1H. The zero-order chi connectivity index (χ0) is 19.3. The molecule has 0 amide bonds. The largest absolute Gasteiger partial charge is 0.475 e. The molecule has 0 bridgehead atoms. The van der Waals surface area contributed by atoms with Gasteiger partial charge in [-0.15, -0.1) is 24.0 Å². The summed E-state index contributed by atoms with van der Waals surface area (Å²) in [5.41, 5.74) is 0.976. The van der Waals surface area contributed by atoms with Crippen molar-refractivity contribution in [3.8, 4) is 5.88 Å². The van der Waals surface area contributed by atoms with Crippen LogP contribution in [0.3, 0.4) is 0 Å². The van der Waals surface area contributed by atoms with Gasteiger partial charge in [0, 0.05) is 44.5 Å². The minimum atomic E-state index is 0. The first kappa shape index (κ1) is 24.9. The van der Waals surface area contributed by atoms with E-state index < -0.39 is 0 Å². The number of ether oxygens (including phenoxy) is 2. The molecule has 1 aliphatic rings.